The number of nitrogens with zero attached hydrogens (tertiary/aromatic N) is 1. The molecule has 1 heterocycles. The van der Waals surface area contributed by atoms with E-state index in [0.717, 1.165) is 12.1 Å². The van der Waals surface area contributed by atoms with Gasteiger partial charge in [0.25, 0.3) is 5.69 Å². The van der Waals surface area contributed by atoms with E-state index < -0.39 is 35.3 Å². The Bertz CT molecular complexity index is 556. The Kier molecular flexibility index (Phi) is 4.72. The molecule has 1 atom stereocenters. The molecular formula is C10H8Cl2F2N2O4. The van der Waals surface area contributed by atoms with Gasteiger partial charge in [-0.3, -0.25) is 10.1 Å². The molecule has 1 amide bonds. The summed E-state index contributed by atoms with van der Waals surface area (Å²) < 4.78 is 31.4. The quantitative estimate of drug-likeness (QED) is 0.668. The van der Waals surface area contributed by atoms with Crippen molar-refractivity contribution in [3.8, 4) is 0 Å². The minimum absolute atomic E-state index is 0. The number of alkyl halides is 2. The lowest BCUT2D eigenvalue weighted by molar-refractivity contribution is -0.384. The number of benzene rings is 1. The Morgan fingerprint density at radius 3 is 2.75 bits per heavy atom. The average Bonchev–Trinajstić information content (AvgIpc) is 2.33. The fourth-order valence-corrected chi connectivity index (χ4v) is 1.87. The second-order valence-corrected chi connectivity index (χ2v) is 4.29. The van der Waals surface area contributed by atoms with Gasteiger partial charge in [-0.15, -0.1) is 12.4 Å². The van der Waals surface area contributed by atoms with Crippen LogP contribution in [-0.4, -0.2) is 23.5 Å². The molecule has 110 valence electrons. The number of amides is 1. The highest BCUT2D eigenvalue weighted by atomic mass is 35.5. The number of rotatable bonds is 2. The maximum atomic E-state index is 13.6. The number of nitrogens with one attached hydrogen (secondary N) is 1. The van der Waals surface area contributed by atoms with E-state index in [9.17, 15) is 23.7 Å². The van der Waals surface area contributed by atoms with E-state index >= 15 is 0 Å². The Morgan fingerprint density at radius 2 is 2.15 bits per heavy atom. The first-order valence-electron chi connectivity index (χ1n) is 5.06. The van der Waals surface area contributed by atoms with Crippen LogP contribution in [0.2, 0.25) is 5.02 Å². The van der Waals surface area contributed by atoms with Crippen molar-refractivity contribution in [2.45, 2.75) is 12.0 Å². The van der Waals surface area contributed by atoms with E-state index in [1.54, 1.807) is 0 Å². The SMILES string of the molecule is Cl.O=C1N[C@@H](c2ccc(Cl)c([N+](=O)[O-])c2)C(F)(F)CO1. The molecule has 0 radical (unpaired) electrons. The van der Waals surface area contributed by atoms with Crippen LogP contribution >= 0.6 is 24.0 Å². The van der Waals surface area contributed by atoms with E-state index in [1.165, 1.54) is 6.07 Å². The van der Waals surface area contributed by atoms with Gasteiger partial charge in [0.15, 0.2) is 6.61 Å². The first-order valence-corrected chi connectivity index (χ1v) is 5.44. The fourth-order valence-electron chi connectivity index (χ4n) is 1.69. The molecule has 0 bridgehead atoms. The molecule has 0 spiro atoms. The maximum absolute atomic E-state index is 13.6. The Balaban J connectivity index is 0.00000200. The minimum Gasteiger partial charge on any atom is -0.443 e. The van der Waals surface area contributed by atoms with Crippen LogP contribution in [0.3, 0.4) is 0 Å². The number of halogens is 4. The van der Waals surface area contributed by atoms with Crippen LogP contribution in [0.25, 0.3) is 0 Å². The van der Waals surface area contributed by atoms with Crippen molar-refractivity contribution in [3.63, 3.8) is 0 Å². The number of nitro benzene ring substituents is 1. The standard InChI is InChI=1S/C10H7ClF2N2O4.ClH/c11-6-2-1-5(3-7(6)15(17)18)8-10(12,13)4-19-9(16)14-8;/h1-3,8H,4H2,(H,14,16);1H/t8-;/m0./s1. The summed E-state index contributed by atoms with van der Waals surface area (Å²) in [5, 5.41) is 12.5. The summed E-state index contributed by atoms with van der Waals surface area (Å²) in [5.74, 6) is -3.37. The first kappa shape index (κ1) is 16.4. The van der Waals surface area contributed by atoms with Crippen molar-refractivity contribution in [2.24, 2.45) is 0 Å². The zero-order valence-electron chi connectivity index (χ0n) is 9.64. The summed E-state index contributed by atoms with van der Waals surface area (Å²) in [5.41, 5.74) is -0.617. The molecule has 20 heavy (non-hydrogen) atoms. The lowest BCUT2D eigenvalue weighted by Gasteiger charge is -2.31. The van der Waals surface area contributed by atoms with Crippen molar-refractivity contribution in [3.05, 3.63) is 38.9 Å². The number of carbonyl (C=O) groups excluding carboxylic acids is 1. The van der Waals surface area contributed by atoms with Crippen LogP contribution in [-0.2, 0) is 4.74 Å². The zero-order chi connectivity index (χ0) is 14.2. The van der Waals surface area contributed by atoms with Crippen LogP contribution in [0, 0.1) is 10.1 Å². The van der Waals surface area contributed by atoms with Crippen molar-refractivity contribution in [2.75, 3.05) is 6.61 Å². The van der Waals surface area contributed by atoms with Gasteiger partial charge >= 0.3 is 12.0 Å². The van der Waals surface area contributed by atoms with Crippen LogP contribution in [0.15, 0.2) is 18.2 Å². The van der Waals surface area contributed by atoms with Crippen LogP contribution < -0.4 is 5.32 Å². The van der Waals surface area contributed by atoms with Gasteiger partial charge in [-0.05, 0) is 11.6 Å². The summed E-state index contributed by atoms with van der Waals surface area (Å²) in [6.45, 7) is -1.08. The van der Waals surface area contributed by atoms with Crippen LogP contribution in [0.1, 0.15) is 11.6 Å². The summed E-state index contributed by atoms with van der Waals surface area (Å²) in [4.78, 5) is 20.9. The number of cyclic esters (lactones) is 1. The molecule has 10 heteroatoms. The molecule has 1 saturated heterocycles. The summed E-state index contributed by atoms with van der Waals surface area (Å²) in [7, 11) is 0. The van der Waals surface area contributed by atoms with E-state index in [-0.39, 0.29) is 23.0 Å². The molecule has 1 N–H and O–H groups in total. The maximum Gasteiger partial charge on any atom is 0.408 e. The van der Waals surface area contributed by atoms with Crippen molar-refractivity contribution in [1.82, 2.24) is 5.32 Å². The van der Waals surface area contributed by atoms with E-state index in [2.05, 4.69) is 4.74 Å². The second-order valence-electron chi connectivity index (χ2n) is 3.88. The molecule has 1 fully saturated rings. The predicted molar refractivity (Wildman–Crippen MR) is 67.5 cm³/mol. The number of alkyl carbamates (subject to hydrolysis) is 1. The van der Waals surface area contributed by atoms with Crippen molar-refractivity contribution < 1.29 is 23.2 Å². The smallest absolute Gasteiger partial charge is 0.408 e. The molecule has 0 unspecified atom stereocenters. The van der Waals surface area contributed by atoms with Gasteiger partial charge in [-0.1, -0.05) is 17.7 Å². The molecule has 1 aliphatic rings. The highest BCUT2D eigenvalue weighted by molar-refractivity contribution is 6.32. The van der Waals surface area contributed by atoms with Crippen molar-refractivity contribution >= 4 is 35.8 Å². The molecule has 1 aliphatic heterocycles. The fraction of sp³-hybridized carbons (Fsp3) is 0.300. The van der Waals surface area contributed by atoms with E-state index in [0.29, 0.717) is 0 Å². The van der Waals surface area contributed by atoms with Gasteiger partial charge in [0.05, 0.1) is 4.92 Å². The summed E-state index contributed by atoms with van der Waals surface area (Å²) in [6, 6.07) is 1.54. The lowest BCUT2D eigenvalue weighted by Crippen LogP contribution is -2.49. The minimum atomic E-state index is -3.37. The van der Waals surface area contributed by atoms with Gasteiger partial charge in [0.1, 0.15) is 11.1 Å². The molecule has 0 saturated carbocycles. The van der Waals surface area contributed by atoms with Gasteiger partial charge in [0.2, 0.25) is 0 Å². The van der Waals surface area contributed by atoms with Gasteiger partial charge in [-0.25, -0.2) is 13.6 Å². The van der Waals surface area contributed by atoms with E-state index in [4.69, 9.17) is 11.6 Å². The van der Waals surface area contributed by atoms with E-state index in [1.807, 2.05) is 5.32 Å². The molecule has 1 aromatic carbocycles. The molecular weight excluding hydrogens is 321 g/mol. The monoisotopic (exact) mass is 328 g/mol. The molecule has 6 nitrogen and oxygen atoms in total. The second kappa shape index (κ2) is 5.76. The highest BCUT2D eigenvalue weighted by Crippen LogP contribution is 2.37. The van der Waals surface area contributed by atoms with Crippen LogP contribution in [0.5, 0.6) is 0 Å². The Labute approximate surface area is 122 Å². The first-order chi connectivity index (χ1) is 8.81. The van der Waals surface area contributed by atoms with Gasteiger partial charge in [-0.2, -0.15) is 0 Å². The molecule has 1 aromatic rings. The molecule has 0 aliphatic carbocycles. The zero-order valence-corrected chi connectivity index (χ0v) is 11.2. The highest BCUT2D eigenvalue weighted by Gasteiger charge is 2.47. The van der Waals surface area contributed by atoms with Crippen LogP contribution in [0.4, 0.5) is 19.3 Å². The summed E-state index contributed by atoms with van der Waals surface area (Å²) >= 11 is 5.59. The number of hydrogen-bond acceptors (Lipinski definition) is 4. The largest absolute Gasteiger partial charge is 0.443 e. The Morgan fingerprint density at radius 1 is 1.50 bits per heavy atom. The normalized spacial score (nSPS) is 20.4. The van der Waals surface area contributed by atoms with Gasteiger partial charge < -0.3 is 10.1 Å². The molecule has 2 rings (SSSR count). The summed E-state index contributed by atoms with van der Waals surface area (Å²) in [6.07, 6.45) is -1.01. The third kappa shape index (κ3) is 3.07. The number of carbonyl (C=O) groups is 1. The lowest BCUT2D eigenvalue weighted by atomic mass is 9.99. The topological polar surface area (TPSA) is 81.5 Å². The number of hydrogen-bond donors (Lipinski definition) is 1. The number of nitro groups is 1. The molecule has 0 aromatic heterocycles. The average molecular weight is 329 g/mol. The predicted octanol–water partition coefficient (Wildman–Crippen LogP) is 3.09. The number of ether oxygens (including phenoxy) is 1. The Hall–Kier alpha value is -1.67. The van der Waals surface area contributed by atoms with Crippen molar-refractivity contribution in [1.29, 1.82) is 0 Å². The third-order valence-electron chi connectivity index (χ3n) is 2.58. The van der Waals surface area contributed by atoms with Gasteiger partial charge in [0, 0.05) is 6.07 Å². The third-order valence-corrected chi connectivity index (χ3v) is 2.90.